The molecule has 0 radical (unpaired) electrons. The fourth-order valence-corrected chi connectivity index (χ4v) is 1.14. The van der Waals surface area contributed by atoms with Crippen molar-refractivity contribution in [1.29, 1.82) is 0 Å². The van der Waals surface area contributed by atoms with Crippen LogP contribution in [0.3, 0.4) is 0 Å². The lowest BCUT2D eigenvalue weighted by atomic mass is 10.2. The van der Waals surface area contributed by atoms with Gasteiger partial charge in [-0.1, -0.05) is 18.7 Å². The van der Waals surface area contributed by atoms with E-state index in [-0.39, 0.29) is 6.04 Å². The molecule has 0 heterocycles. The smallest absolute Gasteiger partial charge is 0.335 e. The maximum absolute atomic E-state index is 11.1. The minimum absolute atomic E-state index is 0.286. The number of ether oxygens (including phenoxy) is 1. The topological polar surface area (TPSA) is 38.3 Å². The summed E-state index contributed by atoms with van der Waals surface area (Å²) in [5.74, 6) is 0.0732. The zero-order valence-electron chi connectivity index (χ0n) is 8.99. The molecule has 3 nitrogen and oxygen atoms in total. The van der Waals surface area contributed by atoms with E-state index in [0.717, 1.165) is 11.8 Å². The molecule has 15 heavy (non-hydrogen) atoms. The van der Waals surface area contributed by atoms with Crippen LogP contribution in [0.4, 0.5) is 5.69 Å². The molecule has 1 rings (SSSR count). The highest BCUT2D eigenvalue weighted by Gasteiger charge is 2.06. The summed E-state index contributed by atoms with van der Waals surface area (Å²) in [5, 5.41) is 3.19. The second-order valence-electron chi connectivity index (χ2n) is 3.42. The van der Waals surface area contributed by atoms with Gasteiger partial charge in [0, 0.05) is 12.1 Å². The number of anilines is 1. The first-order valence-corrected chi connectivity index (χ1v) is 4.83. The van der Waals surface area contributed by atoms with Crippen LogP contribution < -0.4 is 10.1 Å². The van der Waals surface area contributed by atoms with Crippen molar-refractivity contribution in [1.82, 2.24) is 0 Å². The summed E-state index contributed by atoms with van der Waals surface area (Å²) in [6, 6.07) is 7.60. The molecule has 0 saturated heterocycles. The van der Waals surface area contributed by atoms with E-state index in [1.54, 1.807) is 6.07 Å². The number of benzene rings is 1. The zero-order chi connectivity index (χ0) is 11.3. The Morgan fingerprint density at radius 3 is 2.73 bits per heavy atom. The van der Waals surface area contributed by atoms with Gasteiger partial charge in [-0.25, -0.2) is 4.79 Å². The SMILES string of the molecule is C=CC(=O)Oc1ccccc1NC(C)C. The van der Waals surface area contributed by atoms with Crippen molar-refractivity contribution in [2.45, 2.75) is 19.9 Å². The molecule has 0 saturated carbocycles. The Balaban J connectivity index is 2.85. The molecule has 0 atom stereocenters. The third-order valence-corrected chi connectivity index (χ3v) is 1.71. The number of carbonyl (C=O) groups is 1. The number of rotatable bonds is 4. The Morgan fingerprint density at radius 1 is 1.47 bits per heavy atom. The van der Waals surface area contributed by atoms with E-state index in [0.29, 0.717) is 5.75 Å². The van der Waals surface area contributed by atoms with E-state index in [1.807, 2.05) is 32.0 Å². The van der Waals surface area contributed by atoms with Crippen molar-refractivity contribution < 1.29 is 9.53 Å². The highest BCUT2D eigenvalue weighted by molar-refractivity contribution is 5.84. The molecule has 0 unspecified atom stereocenters. The average molecular weight is 205 g/mol. The summed E-state index contributed by atoms with van der Waals surface area (Å²) < 4.78 is 5.08. The molecular weight excluding hydrogens is 190 g/mol. The van der Waals surface area contributed by atoms with Gasteiger partial charge < -0.3 is 10.1 Å². The van der Waals surface area contributed by atoms with Crippen molar-refractivity contribution >= 4 is 11.7 Å². The van der Waals surface area contributed by atoms with Gasteiger partial charge in [0.15, 0.2) is 5.75 Å². The van der Waals surface area contributed by atoms with E-state index in [2.05, 4.69) is 11.9 Å². The van der Waals surface area contributed by atoms with Crippen LogP contribution in [0.5, 0.6) is 5.75 Å². The van der Waals surface area contributed by atoms with Crippen molar-refractivity contribution in [2.75, 3.05) is 5.32 Å². The quantitative estimate of drug-likeness (QED) is 0.466. The van der Waals surface area contributed by atoms with Crippen LogP contribution >= 0.6 is 0 Å². The predicted molar refractivity (Wildman–Crippen MR) is 61.0 cm³/mol. The molecule has 0 bridgehead atoms. The average Bonchev–Trinajstić information content (AvgIpc) is 2.20. The van der Waals surface area contributed by atoms with E-state index in [4.69, 9.17) is 4.74 Å². The Hall–Kier alpha value is -1.77. The first-order chi connectivity index (χ1) is 7.13. The van der Waals surface area contributed by atoms with Gasteiger partial charge in [0.05, 0.1) is 5.69 Å². The second kappa shape index (κ2) is 5.20. The Morgan fingerprint density at radius 2 is 2.13 bits per heavy atom. The van der Waals surface area contributed by atoms with E-state index in [9.17, 15) is 4.79 Å². The molecule has 0 aromatic heterocycles. The highest BCUT2D eigenvalue weighted by Crippen LogP contribution is 2.24. The van der Waals surface area contributed by atoms with Gasteiger partial charge in [0.1, 0.15) is 0 Å². The summed E-state index contributed by atoms with van der Waals surface area (Å²) >= 11 is 0. The number of nitrogens with one attached hydrogen (secondary N) is 1. The van der Waals surface area contributed by atoms with Crippen LogP contribution in [0.15, 0.2) is 36.9 Å². The zero-order valence-corrected chi connectivity index (χ0v) is 8.99. The molecule has 0 fully saturated rings. The summed E-state index contributed by atoms with van der Waals surface area (Å²) in [7, 11) is 0. The van der Waals surface area contributed by atoms with Crippen molar-refractivity contribution in [3.63, 3.8) is 0 Å². The molecule has 0 spiro atoms. The molecule has 80 valence electrons. The summed E-state index contributed by atoms with van der Waals surface area (Å²) in [6.45, 7) is 7.39. The van der Waals surface area contributed by atoms with Crippen molar-refractivity contribution in [3.05, 3.63) is 36.9 Å². The summed E-state index contributed by atoms with van der Waals surface area (Å²) in [5.41, 5.74) is 0.808. The first-order valence-electron chi connectivity index (χ1n) is 4.83. The molecule has 0 amide bonds. The van der Waals surface area contributed by atoms with E-state index in [1.165, 1.54) is 0 Å². The van der Waals surface area contributed by atoms with Gasteiger partial charge in [0.2, 0.25) is 0 Å². The van der Waals surface area contributed by atoms with E-state index >= 15 is 0 Å². The first kappa shape index (κ1) is 11.3. The van der Waals surface area contributed by atoms with Crippen LogP contribution in [0, 0.1) is 0 Å². The van der Waals surface area contributed by atoms with E-state index < -0.39 is 5.97 Å². The van der Waals surface area contributed by atoms with Crippen LogP contribution in [0.1, 0.15) is 13.8 Å². The third-order valence-electron chi connectivity index (χ3n) is 1.71. The van der Waals surface area contributed by atoms with Crippen molar-refractivity contribution in [3.8, 4) is 5.75 Å². The standard InChI is InChI=1S/C12H15NO2/c1-4-12(14)15-11-8-6-5-7-10(11)13-9(2)3/h4-9,13H,1H2,2-3H3. The highest BCUT2D eigenvalue weighted by atomic mass is 16.5. The monoisotopic (exact) mass is 205 g/mol. The van der Waals surface area contributed by atoms with Gasteiger partial charge in [-0.2, -0.15) is 0 Å². The third kappa shape index (κ3) is 3.46. The molecule has 0 aliphatic heterocycles. The summed E-state index contributed by atoms with van der Waals surface area (Å²) in [4.78, 5) is 11.1. The molecule has 0 aliphatic carbocycles. The molecule has 1 aromatic rings. The normalized spacial score (nSPS) is 9.80. The lowest BCUT2D eigenvalue weighted by molar-refractivity contribution is -0.128. The van der Waals surface area contributed by atoms with Gasteiger partial charge in [-0.3, -0.25) is 0 Å². The number of carbonyl (C=O) groups excluding carboxylic acids is 1. The van der Waals surface area contributed by atoms with Gasteiger partial charge in [-0.15, -0.1) is 0 Å². The van der Waals surface area contributed by atoms with Gasteiger partial charge in [0.25, 0.3) is 0 Å². The van der Waals surface area contributed by atoms with Crippen molar-refractivity contribution in [2.24, 2.45) is 0 Å². The number of hydrogen-bond donors (Lipinski definition) is 1. The lowest BCUT2D eigenvalue weighted by Gasteiger charge is -2.13. The Bertz CT molecular complexity index is 358. The maximum atomic E-state index is 11.1. The number of para-hydroxylation sites is 2. The fraction of sp³-hybridized carbons (Fsp3) is 0.250. The summed E-state index contributed by atoms with van der Waals surface area (Å²) in [6.07, 6.45) is 1.14. The van der Waals surface area contributed by atoms with Gasteiger partial charge in [-0.05, 0) is 26.0 Å². The number of hydrogen-bond acceptors (Lipinski definition) is 3. The minimum atomic E-state index is -0.451. The fourth-order valence-electron chi connectivity index (χ4n) is 1.14. The minimum Gasteiger partial charge on any atom is -0.421 e. The Kier molecular flexibility index (Phi) is 3.92. The molecule has 3 heteroatoms. The molecule has 0 aliphatic rings. The lowest BCUT2D eigenvalue weighted by Crippen LogP contribution is -2.12. The Labute approximate surface area is 89.8 Å². The van der Waals surface area contributed by atoms with Gasteiger partial charge >= 0.3 is 5.97 Å². The predicted octanol–water partition coefficient (Wildman–Crippen LogP) is 2.60. The van der Waals surface area contributed by atoms with Crippen LogP contribution in [-0.2, 0) is 4.79 Å². The molecular formula is C12H15NO2. The molecule has 1 aromatic carbocycles. The largest absolute Gasteiger partial charge is 0.421 e. The second-order valence-corrected chi connectivity index (χ2v) is 3.42. The maximum Gasteiger partial charge on any atom is 0.335 e. The number of esters is 1. The van der Waals surface area contributed by atoms with Crippen LogP contribution in [0.2, 0.25) is 0 Å². The molecule has 1 N–H and O–H groups in total. The van der Waals surface area contributed by atoms with Crippen LogP contribution in [-0.4, -0.2) is 12.0 Å². The van der Waals surface area contributed by atoms with Crippen LogP contribution in [0.25, 0.3) is 0 Å².